The minimum absolute atomic E-state index is 0.704. The summed E-state index contributed by atoms with van der Waals surface area (Å²) in [5, 5.41) is 3.29. The summed E-state index contributed by atoms with van der Waals surface area (Å²) < 4.78 is 2.20. The number of imidazole rings is 1. The Morgan fingerprint density at radius 2 is 2.14 bits per heavy atom. The number of nitrogens with one attached hydrogen (secondary N) is 1. The van der Waals surface area contributed by atoms with E-state index in [0.29, 0.717) is 5.92 Å². The molecule has 1 N–H and O–H groups in total. The van der Waals surface area contributed by atoms with Crippen LogP contribution >= 0.6 is 0 Å². The molecule has 0 bridgehead atoms. The molecule has 5 nitrogen and oxygen atoms in total. The minimum atomic E-state index is 0.704. The van der Waals surface area contributed by atoms with Crippen molar-refractivity contribution in [2.75, 3.05) is 5.32 Å². The van der Waals surface area contributed by atoms with Crippen LogP contribution in [0.15, 0.2) is 24.2 Å². The Bertz CT molecular complexity index is 718. The van der Waals surface area contributed by atoms with Gasteiger partial charge in [0.1, 0.15) is 11.3 Å². The van der Waals surface area contributed by atoms with Crippen molar-refractivity contribution in [1.29, 1.82) is 0 Å². The summed E-state index contributed by atoms with van der Waals surface area (Å²) in [6.45, 7) is 8.49. The van der Waals surface area contributed by atoms with E-state index in [-0.39, 0.29) is 0 Å². The molecular formula is C17H23N5. The standard InChI is InChI=1S/C17H23N5/c1-4-12(2)19-17-21-15-10-18-13(3)20-16(15)22(17)11-14-8-6-5-7-9-14/h10,14H,1,5-9,11H2,2-3H3,(H,19,21). The smallest absolute Gasteiger partial charge is 0.209 e. The van der Waals surface area contributed by atoms with Crippen LogP contribution < -0.4 is 5.32 Å². The quantitative estimate of drug-likeness (QED) is 0.872. The Morgan fingerprint density at radius 1 is 1.36 bits per heavy atom. The highest BCUT2D eigenvalue weighted by molar-refractivity contribution is 5.74. The maximum Gasteiger partial charge on any atom is 0.209 e. The second-order valence-corrected chi connectivity index (χ2v) is 6.10. The first-order chi connectivity index (χ1) is 10.7. The molecule has 1 saturated carbocycles. The highest BCUT2D eigenvalue weighted by atomic mass is 15.2. The van der Waals surface area contributed by atoms with Gasteiger partial charge >= 0.3 is 0 Å². The van der Waals surface area contributed by atoms with Crippen molar-refractivity contribution in [2.45, 2.75) is 52.5 Å². The number of fused-ring (bicyclic) bond motifs is 1. The normalized spacial score (nSPS) is 15.7. The monoisotopic (exact) mass is 297 g/mol. The van der Waals surface area contributed by atoms with Gasteiger partial charge in [-0.1, -0.05) is 25.8 Å². The van der Waals surface area contributed by atoms with Crippen LogP contribution in [-0.2, 0) is 6.54 Å². The Labute approximate surface area is 131 Å². The molecule has 0 radical (unpaired) electrons. The van der Waals surface area contributed by atoms with Crippen LogP contribution in [0.5, 0.6) is 0 Å². The second kappa shape index (κ2) is 6.32. The van der Waals surface area contributed by atoms with E-state index in [9.17, 15) is 0 Å². The third-order valence-corrected chi connectivity index (χ3v) is 4.34. The van der Waals surface area contributed by atoms with E-state index in [2.05, 4.69) is 37.1 Å². The van der Waals surface area contributed by atoms with Crippen LogP contribution in [0.25, 0.3) is 11.2 Å². The molecule has 0 amide bonds. The van der Waals surface area contributed by atoms with E-state index in [1.807, 2.05) is 13.8 Å². The second-order valence-electron chi connectivity index (χ2n) is 6.10. The molecule has 0 spiro atoms. The number of aromatic nitrogens is 4. The van der Waals surface area contributed by atoms with Gasteiger partial charge in [-0.15, -0.1) is 5.73 Å². The predicted molar refractivity (Wildman–Crippen MR) is 88.6 cm³/mol. The molecule has 0 aliphatic heterocycles. The van der Waals surface area contributed by atoms with Crippen molar-refractivity contribution < 1.29 is 0 Å². The zero-order valence-electron chi connectivity index (χ0n) is 13.4. The van der Waals surface area contributed by atoms with Crippen molar-refractivity contribution in [3.8, 4) is 0 Å². The number of nitrogens with zero attached hydrogens (tertiary/aromatic N) is 4. The van der Waals surface area contributed by atoms with Gasteiger partial charge in [-0.25, -0.2) is 15.0 Å². The fourth-order valence-electron chi connectivity index (χ4n) is 3.11. The summed E-state index contributed by atoms with van der Waals surface area (Å²) in [7, 11) is 0. The van der Waals surface area contributed by atoms with E-state index < -0.39 is 0 Å². The van der Waals surface area contributed by atoms with Crippen molar-refractivity contribution in [3.63, 3.8) is 0 Å². The lowest BCUT2D eigenvalue weighted by molar-refractivity contribution is 0.323. The molecule has 2 heterocycles. The number of allylic oxidation sites excluding steroid dienone is 1. The number of hydrogen-bond acceptors (Lipinski definition) is 4. The Hall–Kier alpha value is -2.13. The Kier molecular flexibility index (Phi) is 4.25. The lowest BCUT2D eigenvalue weighted by Crippen LogP contribution is -2.16. The summed E-state index contributed by atoms with van der Waals surface area (Å²) in [5.41, 5.74) is 5.48. The molecule has 3 rings (SSSR count). The molecule has 1 aliphatic rings. The molecule has 22 heavy (non-hydrogen) atoms. The summed E-state index contributed by atoms with van der Waals surface area (Å²) in [6.07, 6.45) is 8.41. The molecular weight excluding hydrogens is 274 g/mol. The maximum atomic E-state index is 4.65. The fraction of sp³-hybridized carbons (Fsp3) is 0.529. The maximum absolute atomic E-state index is 4.65. The summed E-state index contributed by atoms with van der Waals surface area (Å²) in [4.78, 5) is 13.5. The fourth-order valence-corrected chi connectivity index (χ4v) is 3.11. The van der Waals surface area contributed by atoms with Gasteiger partial charge in [0.15, 0.2) is 5.65 Å². The van der Waals surface area contributed by atoms with Crippen molar-refractivity contribution in [1.82, 2.24) is 19.5 Å². The van der Waals surface area contributed by atoms with E-state index in [1.54, 1.807) is 6.20 Å². The SMILES string of the molecule is C=C=C(C)Nc1nc2cnc(C)nc2n1CC1CCCCC1. The van der Waals surface area contributed by atoms with Gasteiger partial charge in [0.05, 0.1) is 11.9 Å². The topological polar surface area (TPSA) is 55.6 Å². The van der Waals surface area contributed by atoms with Crippen LogP contribution in [-0.4, -0.2) is 19.5 Å². The molecule has 0 unspecified atom stereocenters. The van der Waals surface area contributed by atoms with Gasteiger partial charge < -0.3 is 5.32 Å². The first kappa shape index (κ1) is 14.8. The highest BCUT2D eigenvalue weighted by Crippen LogP contribution is 2.28. The average molecular weight is 297 g/mol. The van der Waals surface area contributed by atoms with Crippen molar-refractivity contribution in [2.24, 2.45) is 5.92 Å². The van der Waals surface area contributed by atoms with Crippen molar-refractivity contribution >= 4 is 17.1 Å². The molecule has 2 aromatic rings. The van der Waals surface area contributed by atoms with E-state index >= 15 is 0 Å². The van der Waals surface area contributed by atoms with Gasteiger partial charge in [0, 0.05) is 6.54 Å². The lowest BCUT2D eigenvalue weighted by atomic mass is 9.89. The van der Waals surface area contributed by atoms with Crippen LogP contribution in [0.4, 0.5) is 5.95 Å². The van der Waals surface area contributed by atoms with Gasteiger partial charge in [0.25, 0.3) is 0 Å². The molecule has 116 valence electrons. The molecule has 1 aliphatic carbocycles. The summed E-state index contributed by atoms with van der Waals surface area (Å²) in [6, 6.07) is 0. The molecule has 1 fully saturated rings. The molecule has 5 heteroatoms. The number of hydrogen-bond donors (Lipinski definition) is 1. The van der Waals surface area contributed by atoms with Crippen molar-refractivity contribution in [3.05, 3.63) is 30.0 Å². The third-order valence-electron chi connectivity index (χ3n) is 4.34. The molecule has 0 saturated heterocycles. The summed E-state index contributed by atoms with van der Waals surface area (Å²) >= 11 is 0. The van der Waals surface area contributed by atoms with Crippen LogP contribution in [0, 0.1) is 12.8 Å². The van der Waals surface area contributed by atoms with Crippen LogP contribution in [0.1, 0.15) is 44.9 Å². The van der Waals surface area contributed by atoms with Gasteiger partial charge in [-0.2, -0.15) is 0 Å². The number of aryl methyl sites for hydroxylation is 1. The molecule has 2 aromatic heterocycles. The van der Waals surface area contributed by atoms with E-state index in [4.69, 9.17) is 0 Å². The van der Waals surface area contributed by atoms with E-state index in [0.717, 1.165) is 35.2 Å². The number of anilines is 1. The Balaban J connectivity index is 2.00. The first-order valence-electron chi connectivity index (χ1n) is 8.01. The molecule has 0 atom stereocenters. The Morgan fingerprint density at radius 3 is 2.86 bits per heavy atom. The largest absolute Gasteiger partial charge is 0.323 e. The highest BCUT2D eigenvalue weighted by Gasteiger charge is 2.19. The lowest BCUT2D eigenvalue weighted by Gasteiger charge is -2.23. The first-order valence-corrected chi connectivity index (χ1v) is 8.01. The zero-order chi connectivity index (χ0) is 15.5. The van der Waals surface area contributed by atoms with Gasteiger partial charge in [-0.05, 0) is 32.6 Å². The average Bonchev–Trinajstić information content (AvgIpc) is 2.85. The predicted octanol–water partition coefficient (Wildman–Crippen LogP) is 3.82. The molecule has 0 aromatic carbocycles. The van der Waals surface area contributed by atoms with Gasteiger partial charge in [0.2, 0.25) is 5.95 Å². The minimum Gasteiger partial charge on any atom is -0.323 e. The van der Waals surface area contributed by atoms with Crippen LogP contribution in [0.2, 0.25) is 0 Å². The van der Waals surface area contributed by atoms with Crippen LogP contribution in [0.3, 0.4) is 0 Å². The van der Waals surface area contributed by atoms with E-state index in [1.165, 1.54) is 32.1 Å². The third kappa shape index (κ3) is 3.04. The van der Waals surface area contributed by atoms with Gasteiger partial charge in [-0.3, -0.25) is 4.57 Å². The zero-order valence-corrected chi connectivity index (χ0v) is 13.4. The number of rotatable bonds is 4. The summed E-state index contributed by atoms with van der Waals surface area (Å²) in [5.74, 6) is 2.30.